The van der Waals surface area contributed by atoms with E-state index in [4.69, 9.17) is 9.47 Å². The maximum Gasteiger partial charge on any atom is 0.160 e. The van der Waals surface area contributed by atoms with E-state index in [-0.39, 0.29) is 0 Å². The summed E-state index contributed by atoms with van der Waals surface area (Å²) in [4.78, 5) is 0. The molecule has 0 radical (unpaired) electrons. The summed E-state index contributed by atoms with van der Waals surface area (Å²) in [6.07, 6.45) is 2.25. The van der Waals surface area contributed by atoms with E-state index < -0.39 is 5.60 Å². The van der Waals surface area contributed by atoms with E-state index in [0.29, 0.717) is 12.2 Å². The van der Waals surface area contributed by atoms with Gasteiger partial charge in [0.15, 0.2) is 11.5 Å². The van der Waals surface area contributed by atoms with Gasteiger partial charge in [-0.15, -0.1) is 0 Å². The molecule has 0 bridgehead atoms. The molecule has 0 amide bonds. The predicted octanol–water partition coefficient (Wildman–Crippen LogP) is 1.36. The maximum absolute atomic E-state index is 10.5. The molecule has 0 saturated carbocycles. The van der Waals surface area contributed by atoms with Crippen molar-refractivity contribution in [3.63, 3.8) is 0 Å². The van der Waals surface area contributed by atoms with Crippen LogP contribution in [0.1, 0.15) is 18.4 Å². The monoisotopic (exact) mass is 251 g/mol. The minimum Gasteiger partial charge on any atom is -0.493 e. The average Bonchev–Trinajstić information content (AvgIpc) is 2.39. The Kier molecular flexibility index (Phi) is 4.09. The molecular weight excluding hydrogens is 230 g/mol. The Bertz CT molecular complexity index is 400. The Morgan fingerprint density at radius 1 is 1.17 bits per heavy atom. The van der Waals surface area contributed by atoms with E-state index in [0.717, 1.165) is 37.2 Å². The molecule has 1 heterocycles. The first kappa shape index (κ1) is 13.2. The Hall–Kier alpha value is -1.26. The van der Waals surface area contributed by atoms with Crippen LogP contribution in [-0.2, 0) is 6.42 Å². The first-order valence-corrected chi connectivity index (χ1v) is 6.31. The van der Waals surface area contributed by atoms with Gasteiger partial charge in [0, 0.05) is 6.42 Å². The van der Waals surface area contributed by atoms with E-state index in [9.17, 15) is 5.11 Å². The SMILES string of the molecule is COc1ccc(CC2(O)CCNCC2)cc1OC. The Morgan fingerprint density at radius 3 is 2.44 bits per heavy atom. The number of aliphatic hydroxyl groups is 1. The number of methoxy groups -OCH3 is 2. The summed E-state index contributed by atoms with van der Waals surface area (Å²) in [7, 11) is 3.25. The number of ether oxygens (including phenoxy) is 2. The molecular formula is C14H21NO3. The topological polar surface area (TPSA) is 50.7 Å². The van der Waals surface area contributed by atoms with Crippen molar-refractivity contribution in [3.05, 3.63) is 23.8 Å². The lowest BCUT2D eigenvalue weighted by Crippen LogP contribution is -2.43. The zero-order chi connectivity index (χ0) is 13.0. The van der Waals surface area contributed by atoms with E-state index in [1.165, 1.54) is 0 Å². The normalized spacial score (nSPS) is 18.4. The van der Waals surface area contributed by atoms with Crippen LogP contribution in [0.15, 0.2) is 18.2 Å². The van der Waals surface area contributed by atoms with Crippen molar-refractivity contribution >= 4 is 0 Å². The van der Waals surface area contributed by atoms with Gasteiger partial charge in [-0.2, -0.15) is 0 Å². The fraction of sp³-hybridized carbons (Fsp3) is 0.571. The van der Waals surface area contributed by atoms with Crippen LogP contribution in [0.25, 0.3) is 0 Å². The largest absolute Gasteiger partial charge is 0.493 e. The van der Waals surface area contributed by atoms with Crippen LogP contribution in [0.2, 0.25) is 0 Å². The van der Waals surface area contributed by atoms with Crippen molar-refractivity contribution in [2.45, 2.75) is 24.9 Å². The van der Waals surface area contributed by atoms with Crippen LogP contribution >= 0.6 is 0 Å². The van der Waals surface area contributed by atoms with Crippen LogP contribution in [0, 0.1) is 0 Å². The van der Waals surface area contributed by atoms with Crippen molar-refractivity contribution < 1.29 is 14.6 Å². The highest BCUT2D eigenvalue weighted by molar-refractivity contribution is 5.43. The quantitative estimate of drug-likeness (QED) is 0.848. The molecule has 0 aromatic heterocycles. The maximum atomic E-state index is 10.5. The Labute approximate surface area is 108 Å². The molecule has 1 saturated heterocycles. The highest BCUT2D eigenvalue weighted by Gasteiger charge is 2.29. The molecule has 2 rings (SSSR count). The highest BCUT2D eigenvalue weighted by atomic mass is 16.5. The summed E-state index contributed by atoms with van der Waals surface area (Å²) in [6.45, 7) is 1.76. The first-order chi connectivity index (χ1) is 8.67. The van der Waals surface area contributed by atoms with E-state index in [1.807, 2.05) is 18.2 Å². The molecule has 2 N–H and O–H groups in total. The van der Waals surface area contributed by atoms with Crippen LogP contribution in [-0.4, -0.2) is 38.0 Å². The molecule has 18 heavy (non-hydrogen) atoms. The van der Waals surface area contributed by atoms with Gasteiger partial charge < -0.3 is 19.9 Å². The summed E-state index contributed by atoms with van der Waals surface area (Å²) in [5.74, 6) is 1.44. The van der Waals surface area contributed by atoms with Gasteiger partial charge in [0.1, 0.15) is 0 Å². The summed E-state index contributed by atoms with van der Waals surface area (Å²) in [5, 5.41) is 13.8. The lowest BCUT2D eigenvalue weighted by molar-refractivity contribution is 0.0108. The fourth-order valence-electron chi connectivity index (χ4n) is 2.44. The number of rotatable bonds is 4. The van der Waals surface area contributed by atoms with Gasteiger partial charge in [0.25, 0.3) is 0 Å². The van der Waals surface area contributed by atoms with Gasteiger partial charge in [-0.25, -0.2) is 0 Å². The molecule has 1 fully saturated rings. The smallest absolute Gasteiger partial charge is 0.160 e. The number of benzene rings is 1. The van der Waals surface area contributed by atoms with Gasteiger partial charge in [0.2, 0.25) is 0 Å². The van der Waals surface area contributed by atoms with Gasteiger partial charge in [-0.05, 0) is 43.6 Å². The molecule has 4 nitrogen and oxygen atoms in total. The molecule has 100 valence electrons. The molecule has 1 aromatic carbocycles. The second-order valence-corrected chi connectivity index (χ2v) is 4.84. The number of nitrogens with one attached hydrogen (secondary N) is 1. The van der Waals surface area contributed by atoms with E-state index >= 15 is 0 Å². The lowest BCUT2D eigenvalue weighted by atomic mass is 9.86. The number of hydrogen-bond acceptors (Lipinski definition) is 4. The van der Waals surface area contributed by atoms with Gasteiger partial charge >= 0.3 is 0 Å². The molecule has 0 atom stereocenters. The third kappa shape index (κ3) is 2.94. The highest BCUT2D eigenvalue weighted by Crippen LogP contribution is 2.30. The molecule has 4 heteroatoms. The predicted molar refractivity (Wildman–Crippen MR) is 70.3 cm³/mol. The van der Waals surface area contributed by atoms with Crippen LogP contribution in [0.5, 0.6) is 11.5 Å². The standard InChI is InChI=1S/C14H21NO3/c1-17-12-4-3-11(9-13(12)18-2)10-14(16)5-7-15-8-6-14/h3-4,9,15-16H,5-8,10H2,1-2H3. The van der Waals surface area contributed by atoms with Gasteiger partial charge in [0.05, 0.1) is 19.8 Å². The van der Waals surface area contributed by atoms with Gasteiger partial charge in [-0.1, -0.05) is 6.07 Å². The Balaban J connectivity index is 2.13. The molecule has 1 aliphatic rings. The average molecular weight is 251 g/mol. The second-order valence-electron chi connectivity index (χ2n) is 4.84. The van der Waals surface area contributed by atoms with Crippen LogP contribution < -0.4 is 14.8 Å². The van der Waals surface area contributed by atoms with E-state index in [2.05, 4.69) is 5.32 Å². The molecule has 1 aliphatic heterocycles. The molecule has 0 unspecified atom stereocenters. The third-order valence-corrected chi connectivity index (χ3v) is 3.52. The van der Waals surface area contributed by atoms with Crippen LogP contribution in [0.3, 0.4) is 0 Å². The van der Waals surface area contributed by atoms with Crippen molar-refractivity contribution in [1.82, 2.24) is 5.32 Å². The third-order valence-electron chi connectivity index (χ3n) is 3.52. The molecule has 0 spiro atoms. The molecule has 0 aliphatic carbocycles. The Morgan fingerprint density at radius 2 is 1.83 bits per heavy atom. The summed E-state index contributed by atoms with van der Waals surface area (Å²) in [6, 6.07) is 5.82. The summed E-state index contributed by atoms with van der Waals surface area (Å²) >= 11 is 0. The minimum atomic E-state index is -0.592. The summed E-state index contributed by atoms with van der Waals surface area (Å²) < 4.78 is 10.5. The van der Waals surface area contributed by atoms with Crippen molar-refractivity contribution in [2.75, 3.05) is 27.3 Å². The van der Waals surface area contributed by atoms with Crippen molar-refractivity contribution in [3.8, 4) is 11.5 Å². The number of hydrogen-bond donors (Lipinski definition) is 2. The minimum absolute atomic E-state index is 0.592. The van der Waals surface area contributed by atoms with Crippen molar-refractivity contribution in [2.24, 2.45) is 0 Å². The summed E-state index contributed by atoms with van der Waals surface area (Å²) in [5.41, 5.74) is 0.488. The zero-order valence-corrected chi connectivity index (χ0v) is 11.0. The second kappa shape index (κ2) is 5.59. The lowest BCUT2D eigenvalue weighted by Gasteiger charge is -2.32. The van der Waals surface area contributed by atoms with Gasteiger partial charge in [-0.3, -0.25) is 0 Å². The van der Waals surface area contributed by atoms with Crippen molar-refractivity contribution in [1.29, 1.82) is 0 Å². The number of piperidine rings is 1. The first-order valence-electron chi connectivity index (χ1n) is 6.31. The zero-order valence-electron chi connectivity index (χ0n) is 11.0. The fourth-order valence-corrected chi connectivity index (χ4v) is 2.44. The molecule has 1 aromatic rings. The van der Waals surface area contributed by atoms with E-state index in [1.54, 1.807) is 14.2 Å². The van der Waals surface area contributed by atoms with Crippen LogP contribution in [0.4, 0.5) is 0 Å².